The van der Waals surface area contributed by atoms with Crippen LogP contribution in [0.4, 0.5) is 0 Å². The molecule has 0 unspecified atom stereocenters. The van der Waals surface area contributed by atoms with Crippen LogP contribution in [0.1, 0.15) is 31.7 Å². The van der Waals surface area contributed by atoms with Gasteiger partial charge in [-0.3, -0.25) is 4.79 Å². The molecule has 18 heavy (non-hydrogen) atoms. The highest BCUT2D eigenvalue weighted by molar-refractivity contribution is 5.71. The molecule has 0 aliphatic heterocycles. The molecular formula is C14H18O4. The number of aliphatic carboxylic acids is 1. The molecule has 0 atom stereocenters. The second-order valence-electron chi connectivity index (χ2n) is 4.85. The third-order valence-corrected chi connectivity index (χ3v) is 3.38. The minimum atomic E-state index is -0.980. The molecule has 2 N–H and O–H groups in total. The fraction of sp³-hybridized carbons (Fsp3) is 0.500. The lowest BCUT2D eigenvalue weighted by Crippen LogP contribution is -2.44. The second-order valence-corrected chi connectivity index (χ2v) is 4.85. The van der Waals surface area contributed by atoms with Crippen molar-refractivity contribution in [1.82, 2.24) is 0 Å². The normalized spacial score (nSPS) is 26.4. The van der Waals surface area contributed by atoms with Crippen molar-refractivity contribution in [3.05, 3.63) is 29.8 Å². The van der Waals surface area contributed by atoms with Crippen molar-refractivity contribution in [3.63, 3.8) is 0 Å². The van der Waals surface area contributed by atoms with Gasteiger partial charge in [0.1, 0.15) is 5.75 Å². The van der Waals surface area contributed by atoms with Crippen molar-refractivity contribution in [3.8, 4) is 5.75 Å². The topological polar surface area (TPSA) is 66.8 Å². The summed E-state index contributed by atoms with van der Waals surface area (Å²) in [7, 11) is 0. The summed E-state index contributed by atoms with van der Waals surface area (Å²) >= 11 is 0. The van der Waals surface area contributed by atoms with Crippen molar-refractivity contribution in [2.24, 2.45) is 5.92 Å². The monoisotopic (exact) mass is 250 g/mol. The van der Waals surface area contributed by atoms with Gasteiger partial charge in [0.05, 0.1) is 18.1 Å². The van der Waals surface area contributed by atoms with E-state index in [-0.39, 0.29) is 12.8 Å². The first-order chi connectivity index (χ1) is 8.55. The van der Waals surface area contributed by atoms with Gasteiger partial charge in [-0.15, -0.1) is 0 Å². The van der Waals surface area contributed by atoms with Gasteiger partial charge in [-0.1, -0.05) is 19.1 Å². The van der Waals surface area contributed by atoms with Crippen molar-refractivity contribution >= 4 is 5.97 Å². The number of benzene rings is 1. The summed E-state index contributed by atoms with van der Waals surface area (Å²) < 4.78 is 5.46. The summed E-state index contributed by atoms with van der Waals surface area (Å²) in [5.74, 6) is -0.480. The number of rotatable bonds is 5. The van der Waals surface area contributed by atoms with Gasteiger partial charge in [0, 0.05) is 0 Å². The van der Waals surface area contributed by atoms with Gasteiger partial charge in [-0.05, 0) is 37.0 Å². The Bertz CT molecular complexity index is 418. The second kappa shape index (κ2) is 4.98. The van der Waals surface area contributed by atoms with Gasteiger partial charge in [-0.25, -0.2) is 0 Å². The average molecular weight is 250 g/mol. The minimum absolute atomic E-state index is 0.289. The minimum Gasteiger partial charge on any atom is -0.494 e. The van der Waals surface area contributed by atoms with Crippen LogP contribution in [-0.4, -0.2) is 22.8 Å². The van der Waals surface area contributed by atoms with Gasteiger partial charge in [0.25, 0.3) is 0 Å². The summed E-state index contributed by atoms with van der Waals surface area (Å²) in [5, 5.41) is 19.1. The van der Waals surface area contributed by atoms with Crippen LogP contribution in [-0.2, 0) is 10.4 Å². The molecule has 4 heteroatoms. The van der Waals surface area contributed by atoms with Crippen LogP contribution in [0.25, 0.3) is 0 Å². The number of hydrogen-bond acceptors (Lipinski definition) is 3. The number of carbonyl (C=O) groups is 1. The Kier molecular flexibility index (Phi) is 3.57. The largest absolute Gasteiger partial charge is 0.494 e. The molecule has 1 fully saturated rings. The first-order valence-corrected chi connectivity index (χ1v) is 6.23. The van der Waals surface area contributed by atoms with Crippen molar-refractivity contribution in [2.75, 3.05) is 6.61 Å². The lowest BCUT2D eigenvalue weighted by molar-refractivity contribution is -0.159. The van der Waals surface area contributed by atoms with E-state index in [0.717, 1.165) is 17.7 Å². The molecule has 0 saturated heterocycles. The van der Waals surface area contributed by atoms with E-state index in [9.17, 15) is 9.90 Å². The molecule has 0 aromatic heterocycles. The number of hydrogen-bond donors (Lipinski definition) is 2. The smallest absolute Gasteiger partial charge is 0.306 e. The van der Waals surface area contributed by atoms with Gasteiger partial charge in [-0.2, -0.15) is 0 Å². The van der Waals surface area contributed by atoms with Gasteiger partial charge < -0.3 is 14.9 Å². The van der Waals surface area contributed by atoms with Crippen LogP contribution in [0.5, 0.6) is 5.75 Å². The highest BCUT2D eigenvalue weighted by atomic mass is 16.5. The lowest BCUT2D eigenvalue weighted by atomic mass is 9.67. The fourth-order valence-corrected chi connectivity index (χ4v) is 2.25. The van der Waals surface area contributed by atoms with Gasteiger partial charge >= 0.3 is 5.97 Å². The standard InChI is InChI=1S/C14H18O4/c1-2-7-18-12-5-3-11(4-6-12)14(17)8-10(9-14)13(15)16/h3-6,10,17H,2,7-9H2,1H3,(H,15,16). The Labute approximate surface area is 106 Å². The number of aliphatic hydroxyl groups is 1. The predicted molar refractivity (Wildman–Crippen MR) is 66.5 cm³/mol. The SMILES string of the molecule is CCCOc1ccc(C2(O)CC(C(=O)O)C2)cc1. The summed E-state index contributed by atoms with van der Waals surface area (Å²) in [5.41, 5.74) is -0.212. The fourth-order valence-electron chi connectivity index (χ4n) is 2.25. The van der Waals surface area contributed by atoms with E-state index in [0.29, 0.717) is 6.61 Å². The Morgan fingerprint density at radius 3 is 2.50 bits per heavy atom. The molecular weight excluding hydrogens is 232 g/mol. The molecule has 0 amide bonds. The van der Waals surface area contributed by atoms with Gasteiger partial charge in [0.2, 0.25) is 0 Å². The first-order valence-electron chi connectivity index (χ1n) is 6.23. The van der Waals surface area contributed by atoms with E-state index in [4.69, 9.17) is 9.84 Å². The van der Waals surface area contributed by atoms with Crippen LogP contribution in [0.2, 0.25) is 0 Å². The maximum atomic E-state index is 10.7. The van der Waals surface area contributed by atoms with E-state index in [1.54, 1.807) is 0 Å². The molecule has 2 rings (SSSR count). The van der Waals surface area contributed by atoms with Crippen LogP contribution >= 0.6 is 0 Å². The van der Waals surface area contributed by atoms with Crippen LogP contribution in [0.15, 0.2) is 24.3 Å². The number of carboxylic acid groups (broad SMARTS) is 1. The van der Waals surface area contributed by atoms with E-state index in [2.05, 4.69) is 0 Å². The van der Waals surface area contributed by atoms with E-state index < -0.39 is 17.5 Å². The Morgan fingerprint density at radius 1 is 1.39 bits per heavy atom. The summed E-state index contributed by atoms with van der Waals surface area (Å²) in [4.78, 5) is 10.7. The van der Waals surface area contributed by atoms with Crippen molar-refractivity contribution < 1.29 is 19.7 Å². The third-order valence-electron chi connectivity index (χ3n) is 3.38. The first kappa shape index (κ1) is 12.9. The summed E-state index contributed by atoms with van der Waals surface area (Å²) in [6, 6.07) is 7.25. The van der Waals surface area contributed by atoms with Crippen LogP contribution < -0.4 is 4.74 Å². The molecule has 1 aliphatic carbocycles. The third kappa shape index (κ3) is 2.48. The molecule has 1 aliphatic rings. The Morgan fingerprint density at radius 2 is 2.00 bits per heavy atom. The maximum absolute atomic E-state index is 10.7. The highest BCUT2D eigenvalue weighted by Gasteiger charge is 2.47. The molecule has 98 valence electrons. The summed E-state index contributed by atoms with van der Waals surface area (Å²) in [6.45, 7) is 2.71. The zero-order valence-electron chi connectivity index (χ0n) is 10.4. The van der Waals surface area contributed by atoms with Gasteiger partial charge in [0.15, 0.2) is 0 Å². The molecule has 0 radical (unpaired) electrons. The summed E-state index contributed by atoms with van der Waals surface area (Å²) in [6.07, 6.45) is 1.53. The van der Waals surface area contributed by atoms with Crippen molar-refractivity contribution in [1.29, 1.82) is 0 Å². The molecule has 1 saturated carbocycles. The molecule has 1 aromatic carbocycles. The van der Waals surface area contributed by atoms with Crippen LogP contribution in [0.3, 0.4) is 0 Å². The molecule has 0 spiro atoms. The lowest BCUT2D eigenvalue weighted by Gasteiger charge is -2.41. The van der Waals surface area contributed by atoms with E-state index >= 15 is 0 Å². The molecule has 0 heterocycles. The van der Waals surface area contributed by atoms with E-state index in [1.807, 2.05) is 31.2 Å². The van der Waals surface area contributed by atoms with Crippen molar-refractivity contribution in [2.45, 2.75) is 31.8 Å². The molecule has 4 nitrogen and oxygen atoms in total. The zero-order chi connectivity index (χ0) is 13.2. The Balaban J connectivity index is 2.00. The Hall–Kier alpha value is -1.55. The average Bonchev–Trinajstić information content (AvgIpc) is 2.33. The highest BCUT2D eigenvalue weighted by Crippen LogP contribution is 2.45. The number of ether oxygens (including phenoxy) is 1. The zero-order valence-corrected chi connectivity index (χ0v) is 10.4. The number of carboxylic acids is 1. The molecule has 1 aromatic rings. The quantitative estimate of drug-likeness (QED) is 0.840. The van der Waals surface area contributed by atoms with E-state index in [1.165, 1.54) is 0 Å². The molecule has 0 bridgehead atoms. The van der Waals surface area contributed by atoms with Crippen LogP contribution in [0, 0.1) is 5.92 Å². The predicted octanol–water partition coefficient (Wildman–Crippen LogP) is 2.16. The maximum Gasteiger partial charge on any atom is 0.306 e.